The zero-order valence-electron chi connectivity index (χ0n) is 12.4. The topological polar surface area (TPSA) is 108 Å². The van der Waals surface area contributed by atoms with E-state index in [1.807, 2.05) is 0 Å². The highest BCUT2D eigenvalue weighted by molar-refractivity contribution is 5.97. The van der Waals surface area contributed by atoms with Crippen molar-refractivity contribution in [3.05, 3.63) is 51.5 Å². The van der Waals surface area contributed by atoms with Crippen LogP contribution in [0.2, 0.25) is 0 Å². The smallest absolute Gasteiger partial charge is 0.343 e. The SMILES string of the molecule is O=C(O)C1Cn2c(n[nH]c2=O)CN1C(=O)c1ccc(C(F)F)cc1F. The number of rotatable bonds is 3. The first-order chi connectivity index (χ1) is 11.8. The van der Waals surface area contributed by atoms with Crippen LogP contribution in [0.1, 0.15) is 28.2 Å². The average molecular weight is 356 g/mol. The fraction of sp³-hybridized carbons (Fsp3) is 0.286. The molecule has 1 aromatic heterocycles. The van der Waals surface area contributed by atoms with Crippen molar-refractivity contribution in [1.82, 2.24) is 19.7 Å². The minimum atomic E-state index is -2.90. The lowest BCUT2D eigenvalue weighted by Crippen LogP contribution is -2.52. The van der Waals surface area contributed by atoms with Crippen LogP contribution in [0.15, 0.2) is 23.0 Å². The molecule has 3 rings (SSSR count). The molecule has 0 saturated heterocycles. The fourth-order valence-corrected chi connectivity index (χ4v) is 2.61. The first kappa shape index (κ1) is 16.7. The number of benzene rings is 1. The summed E-state index contributed by atoms with van der Waals surface area (Å²) in [5.41, 5.74) is -1.76. The van der Waals surface area contributed by atoms with Crippen LogP contribution in [-0.2, 0) is 17.9 Å². The Balaban J connectivity index is 1.98. The summed E-state index contributed by atoms with van der Waals surface area (Å²) in [7, 11) is 0. The summed E-state index contributed by atoms with van der Waals surface area (Å²) in [6.07, 6.45) is -2.90. The molecule has 1 aromatic carbocycles. The third kappa shape index (κ3) is 2.88. The number of alkyl halides is 2. The Morgan fingerprint density at radius 2 is 2.08 bits per heavy atom. The first-order valence-electron chi connectivity index (χ1n) is 7.05. The molecule has 25 heavy (non-hydrogen) atoms. The second-order valence-electron chi connectivity index (χ2n) is 5.38. The molecule has 0 bridgehead atoms. The number of aromatic amines is 1. The van der Waals surface area contributed by atoms with Gasteiger partial charge in [-0.05, 0) is 12.1 Å². The number of halogens is 3. The van der Waals surface area contributed by atoms with E-state index in [0.29, 0.717) is 6.07 Å². The van der Waals surface area contributed by atoms with E-state index in [4.69, 9.17) is 0 Å². The molecule has 8 nitrogen and oxygen atoms in total. The summed E-state index contributed by atoms with van der Waals surface area (Å²) in [6.45, 7) is -0.701. The molecule has 132 valence electrons. The Labute approximate surface area is 137 Å². The van der Waals surface area contributed by atoms with Gasteiger partial charge in [0.25, 0.3) is 12.3 Å². The van der Waals surface area contributed by atoms with Gasteiger partial charge in [-0.15, -0.1) is 0 Å². The zero-order valence-corrected chi connectivity index (χ0v) is 12.4. The van der Waals surface area contributed by atoms with Crippen LogP contribution >= 0.6 is 0 Å². The van der Waals surface area contributed by atoms with Gasteiger partial charge in [-0.2, -0.15) is 5.10 Å². The molecule has 1 amide bonds. The van der Waals surface area contributed by atoms with E-state index >= 15 is 0 Å². The number of carbonyl (C=O) groups is 2. The summed E-state index contributed by atoms with van der Waals surface area (Å²) in [6, 6.07) is 0.877. The standard InChI is InChI=1S/C14H11F3N4O4/c15-8-3-6(11(16)17)1-2-7(8)12(22)20-5-10-18-19-14(25)21(10)4-9(20)13(23)24/h1-3,9,11H,4-5H2,(H,19,25)(H,23,24). The summed E-state index contributed by atoms with van der Waals surface area (Å²) < 4.78 is 40.3. The van der Waals surface area contributed by atoms with Gasteiger partial charge in [0.2, 0.25) is 0 Å². The Morgan fingerprint density at radius 1 is 1.36 bits per heavy atom. The molecule has 0 spiro atoms. The van der Waals surface area contributed by atoms with E-state index in [1.54, 1.807) is 0 Å². The van der Waals surface area contributed by atoms with Gasteiger partial charge in [0.15, 0.2) is 5.82 Å². The van der Waals surface area contributed by atoms with Crippen LogP contribution in [-0.4, -0.2) is 42.7 Å². The maximum absolute atomic E-state index is 14.0. The van der Waals surface area contributed by atoms with Crippen molar-refractivity contribution >= 4 is 11.9 Å². The van der Waals surface area contributed by atoms with Gasteiger partial charge < -0.3 is 10.0 Å². The largest absolute Gasteiger partial charge is 0.480 e. The first-order valence-corrected chi connectivity index (χ1v) is 7.05. The molecule has 1 atom stereocenters. The van der Waals surface area contributed by atoms with E-state index in [0.717, 1.165) is 21.6 Å². The Kier molecular flexibility index (Phi) is 4.07. The van der Waals surface area contributed by atoms with Gasteiger partial charge in [0.05, 0.1) is 18.7 Å². The predicted molar refractivity (Wildman–Crippen MR) is 75.5 cm³/mol. The number of hydrogen-bond acceptors (Lipinski definition) is 4. The number of carboxylic acids is 1. The number of aromatic nitrogens is 3. The number of carbonyl (C=O) groups excluding carboxylic acids is 1. The lowest BCUT2D eigenvalue weighted by atomic mass is 10.1. The summed E-state index contributed by atoms with van der Waals surface area (Å²) >= 11 is 0. The van der Waals surface area contributed by atoms with E-state index in [-0.39, 0.29) is 18.9 Å². The molecule has 0 radical (unpaired) electrons. The van der Waals surface area contributed by atoms with Gasteiger partial charge in [-0.25, -0.2) is 27.9 Å². The average Bonchev–Trinajstić information content (AvgIpc) is 2.93. The van der Waals surface area contributed by atoms with Gasteiger partial charge in [0, 0.05) is 5.56 Å². The Bertz CT molecular complexity index is 908. The predicted octanol–water partition coefficient (Wildman–Crippen LogP) is 0.757. The molecule has 2 heterocycles. The van der Waals surface area contributed by atoms with E-state index in [1.165, 1.54) is 0 Å². The van der Waals surface area contributed by atoms with Crippen LogP contribution in [0.5, 0.6) is 0 Å². The number of nitrogens with zero attached hydrogens (tertiary/aromatic N) is 3. The third-order valence-corrected chi connectivity index (χ3v) is 3.90. The van der Waals surface area contributed by atoms with Crippen molar-refractivity contribution in [2.45, 2.75) is 25.6 Å². The number of hydrogen-bond donors (Lipinski definition) is 2. The number of H-pyrrole nitrogens is 1. The molecule has 11 heteroatoms. The van der Waals surface area contributed by atoms with Crippen molar-refractivity contribution in [3.8, 4) is 0 Å². The van der Waals surface area contributed by atoms with E-state index in [9.17, 15) is 32.7 Å². The van der Waals surface area contributed by atoms with E-state index in [2.05, 4.69) is 10.2 Å². The normalized spacial score (nSPS) is 16.8. The van der Waals surface area contributed by atoms with Crippen molar-refractivity contribution in [2.75, 3.05) is 0 Å². The van der Waals surface area contributed by atoms with Crippen LogP contribution in [0.3, 0.4) is 0 Å². The molecule has 2 aromatic rings. The molecule has 1 aliphatic heterocycles. The summed E-state index contributed by atoms with van der Waals surface area (Å²) in [5, 5.41) is 15.1. The molecule has 0 aliphatic carbocycles. The maximum atomic E-state index is 14.0. The van der Waals surface area contributed by atoms with Gasteiger partial charge in [0.1, 0.15) is 11.9 Å². The van der Waals surface area contributed by atoms with Gasteiger partial charge in [-0.3, -0.25) is 9.36 Å². The van der Waals surface area contributed by atoms with Gasteiger partial charge in [-0.1, -0.05) is 6.07 Å². The number of aliphatic carboxylic acids is 1. The van der Waals surface area contributed by atoms with Crippen LogP contribution in [0, 0.1) is 5.82 Å². The maximum Gasteiger partial charge on any atom is 0.343 e. The summed E-state index contributed by atoms with van der Waals surface area (Å²) in [5.74, 6) is -3.46. The minimum absolute atomic E-state index is 0.112. The second kappa shape index (κ2) is 6.07. The van der Waals surface area contributed by atoms with Crippen molar-refractivity contribution in [1.29, 1.82) is 0 Å². The monoisotopic (exact) mass is 356 g/mol. The molecule has 1 unspecified atom stereocenters. The number of amides is 1. The van der Waals surface area contributed by atoms with Crippen molar-refractivity contribution in [3.63, 3.8) is 0 Å². The molecule has 0 fully saturated rings. The molecular formula is C14H11F3N4O4. The molecule has 0 saturated carbocycles. The number of carboxylic acid groups (broad SMARTS) is 1. The Morgan fingerprint density at radius 3 is 2.68 bits per heavy atom. The quantitative estimate of drug-likeness (QED) is 0.844. The molecule has 1 aliphatic rings. The highest BCUT2D eigenvalue weighted by Crippen LogP contribution is 2.24. The molecular weight excluding hydrogens is 345 g/mol. The van der Waals surface area contributed by atoms with Crippen molar-refractivity contribution < 1.29 is 27.9 Å². The number of fused-ring (bicyclic) bond motifs is 1. The summed E-state index contributed by atoms with van der Waals surface area (Å²) in [4.78, 5) is 36.4. The highest BCUT2D eigenvalue weighted by Gasteiger charge is 2.37. The Hall–Kier alpha value is -3.11. The lowest BCUT2D eigenvalue weighted by molar-refractivity contribution is -0.143. The minimum Gasteiger partial charge on any atom is -0.480 e. The zero-order chi connectivity index (χ0) is 18.3. The third-order valence-electron chi connectivity index (χ3n) is 3.90. The highest BCUT2D eigenvalue weighted by atomic mass is 19.3. The van der Waals surface area contributed by atoms with Crippen molar-refractivity contribution in [2.24, 2.45) is 0 Å². The van der Waals surface area contributed by atoms with E-state index < -0.39 is 47.0 Å². The van der Waals surface area contributed by atoms with Crippen LogP contribution in [0.4, 0.5) is 13.2 Å². The number of nitrogens with one attached hydrogen (secondary N) is 1. The van der Waals surface area contributed by atoms with Crippen LogP contribution in [0.25, 0.3) is 0 Å². The molecule has 2 N–H and O–H groups in total. The van der Waals surface area contributed by atoms with Gasteiger partial charge >= 0.3 is 11.7 Å². The fourth-order valence-electron chi connectivity index (χ4n) is 2.61. The van der Waals surface area contributed by atoms with Crippen LogP contribution < -0.4 is 5.69 Å². The second-order valence-corrected chi connectivity index (χ2v) is 5.38. The lowest BCUT2D eigenvalue weighted by Gasteiger charge is -2.32.